The maximum Gasteiger partial charge on any atom is 0.275 e. The highest BCUT2D eigenvalue weighted by molar-refractivity contribution is 5.94. The fraction of sp³-hybridized carbons (Fsp3) is 0.778. The van der Waals surface area contributed by atoms with Crippen LogP contribution in [0.15, 0.2) is 0 Å². The van der Waals surface area contributed by atoms with E-state index in [-0.39, 0.29) is 23.7 Å². The van der Waals surface area contributed by atoms with E-state index in [2.05, 4.69) is 28.9 Å². The van der Waals surface area contributed by atoms with E-state index in [9.17, 15) is 4.79 Å². The van der Waals surface area contributed by atoms with E-state index in [1.54, 1.807) is 7.11 Å². The molecule has 3 rings (SSSR count). The first-order chi connectivity index (χ1) is 11.8. The van der Waals surface area contributed by atoms with Gasteiger partial charge in [-0.1, -0.05) is 0 Å². The van der Waals surface area contributed by atoms with Crippen molar-refractivity contribution in [1.82, 2.24) is 20.0 Å². The van der Waals surface area contributed by atoms with Crippen LogP contribution in [0.4, 0.5) is 0 Å². The van der Waals surface area contributed by atoms with Crippen molar-refractivity contribution >= 4 is 5.91 Å². The molecule has 0 saturated carbocycles. The SMILES string of the molecule is COCCN1CCN(C(=O)c2n[nH]c3c2C[C@H](C)O[C@@H]3C)C(C)(C)C1. The molecule has 25 heavy (non-hydrogen) atoms. The number of amides is 1. The van der Waals surface area contributed by atoms with Crippen molar-refractivity contribution in [2.45, 2.75) is 51.9 Å². The fourth-order valence-corrected chi connectivity index (χ4v) is 4.02. The van der Waals surface area contributed by atoms with E-state index >= 15 is 0 Å². The molecule has 1 fully saturated rings. The summed E-state index contributed by atoms with van der Waals surface area (Å²) in [6, 6.07) is 0. The largest absolute Gasteiger partial charge is 0.383 e. The molecule has 140 valence electrons. The van der Waals surface area contributed by atoms with Gasteiger partial charge in [-0.05, 0) is 27.7 Å². The molecular formula is C18H30N4O3. The second kappa shape index (κ2) is 7.05. The number of piperazine rings is 1. The van der Waals surface area contributed by atoms with Gasteiger partial charge in [0.25, 0.3) is 5.91 Å². The number of nitrogens with zero attached hydrogens (tertiary/aromatic N) is 3. The quantitative estimate of drug-likeness (QED) is 0.893. The molecule has 0 bridgehead atoms. The Kier molecular flexibility index (Phi) is 5.18. The lowest BCUT2D eigenvalue weighted by Crippen LogP contribution is -2.61. The Balaban J connectivity index is 1.78. The average molecular weight is 350 g/mol. The maximum atomic E-state index is 13.2. The number of aromatic amines is 1. The van der Waals surface area contributed by atoms with Gasteiger partial charge >= 0.3 is 0 Å². The number of aromatic nitrogens is 2. The van der Waals surface area contributed by atoms with Gasteiger partial charge in [0.1, 0.15) is 0 Å². The van der Waals surface area contributed by atoms with Crippen molar-refractivity contribution < 1.29 is 14.3 Å². The second-order valence-corrected chi connectivity index (χ2v) is 7.80. The highest BCUT2D eigenvalue weighted by Crippen LogP contribution is 2.32. The lowest BCUT2D eigenvalue weighted by Gasteiger charge is -2.47. The summed E-state index contributed by atoms with van der Waals surface area (Å²) in [4.78, 5) is 17.6. The third-order valence-electron chi connectivity index (χ3n) is 5.27. The van der Waals surface area contributed by atoms with Gasteiger partial charge in [0.05, 0.1) is 30.0 Å². The molecule has 0 unspecified atom stereocenters. The molecule has 0 aliphatic carbocycles. The van der Waals surface area contributed by atoms with E-state index < -0.39 is 0 Å². The van der Waals surface area contributed by atoms with Crippen LogP contribution < -0.4 is 0 Å². The van der Waals surface area contributed by atoms with Crippen molar-refractivity contribution in [2.24, 2.45) is 0 Å². The van der Waals surface area contributed by atoms with Gasteiger partial charge in [-0.15, -0.1) is 0 Å². The van der Waals surface area contributed by atoms with Gasteiger partial charge in [-0.25, -0.2) is 0 Å². The minimum atomic E-state index is -0.239. The number of ether oxygens (including phenoxy) is 2. The number of hydrogen-bond acceptors (Lipinski definition) is 5. The van der Waals surface area contributed by atoms with Crippen LogP contribution in [-0.4, -0.2) is 77.4 Å². The van der Waals surface area contributed by atoms with Gasteiger partial charge in [0.2, 0.25) is 0 Å². The minimum Gasteiger partial charge on any atom is -0.383 e. The van der Waals surface area contributed by atoms with Crippen molar-refractivity contribution in [2.75, 3.05) is 39.9 Å². The van der Waals surface area contributed by atoms with E-state index in [1.165, 1.54) is 0 Å². The van der Waals surface area contributed by atoms with E-state index in [4.69, 9.17) is 9.47 Å². The summed E-state index contributed by atoms with van der Waals surface area (Å²) in [6.07, 6.45) is 0.781. The first-order valence-corrected chi connectivity index (χ1v) is 9.09. The molecule has 2 atom stereocenters. The molecule has 7 heteroatoms. The third-order valence-corrected chi connectivity index (χ3v) is 5.27. The fourth-order valence-electron chi connectivity index (χ4n) is 4.02. The average Bonchev–Trinajstić information content (AvgIpc) is 2.95. The zero-order valence-corrected chi connectivity index (χ0v) is 16.0. The standard InChI is InChI=1S/C18H30N4O3/c1-12-10-14-15(13(2)25-12)19-20-16(14)17(23)22-7-6-21(8-9-24-5)11-18(22,3)4/h12-13H,6-11H2,1-5H3,(H,19,20)/t12-,13+/m0/s1. The number of rotatable bonds is 4. The summed E-state index contributed by atoms with van der Waals surface area (Å²) >= 11 is 0. The first-order valence-electron chi connectivity index (χ1n) is 9.09. The predicted molar refractivity (Wildman–Crippen MR) is 94.7 cm³/mol. The van der Waals surface area contributed by atoms with Crippen LogP contribution in [0.3, 0.4) is 0 Å². The number of methoxy groups -OCH3 is 1. The molecule has 7 nitrogen and oxygen atoms in total. The van der Waals surface area contributed by atoms with Gasteiger partial charge < -0.3 is 14.4 Å². The first kappa shape index (κ1) is 18.4. The van der Waals surface area contributed by atoms with Gasteiger partial charge in [-0.2, -0.15) is 5.10 Å². The smallest absolute Gasteiger partial charge is 0.275 e. The zero-order valence-electron chi connectivity index (χ0n) is 16.0. The van der Waals surface area contributed by atoms with Crippen molar-refractivity contribution in [3.8, 4) is 0 Å². The maximum absolute atomic E-state index is 13.2. The molecule has 1 saturated heterocycles. The third kappa shape index (κ3) is 3.59. The highest BCUT2D eigenvalue weighted by Gasteiger charge is 2.39. The Labute approximate surface area is 149 Å². The highest BCUT2D eigenvalue weighted by atomic mass is 16.5. The molecule has 2 aliphatic heterocycles. The summed E-state index contributed by atoms with van der Waals surface area (Å²) in [5.41, 5.74) is 2.29. The van der Waals surface area contributed by atoms with Gasteiger partial charge in [0.15, 0.2) is 5.69 Å². The number of carbonyl (C=O) groups excluding carboxylic acids is 1. The van der Waals surface area contributed by atoms with Crippen LogP contribution in [0, 0.1) is 0 Å². The number of fused-ring (bicyclic) bond motifs is 1. The summed E-state index contributed by atoms with van der Waals surface area (Å²) in [6.45, 7) is 12.3. The van der Waals surface area contributed by atoms with E-state index in [0.29, 0.717) is 18.8 Å². The van der Waals surface area contributed by atoms with Crippen molar-refractivity contribution in [1.29, 1.82) is 0 Å². The van der Waals surface area contributed by atoms with Gasteiger partial charge in [0, 0.05) is 45.3 Å². The molecule has 0 aromatic carbocycles. The molecule has 2 aliphatic rings. The molecule has 1 amide bonds. The van der Waals surface area contributed by atoms with Crippen molar-refractivity contribution in [3.63, 3.8) is 0 Å². The summed E-state index contributed by atoms with van der Waals surface area (Å²) in [5.74, 6) is 0.0233. The number of H-pyrrole nitrogens is 1. The van der Waals surface area contributed by atoms with Crippen LogP contribution in [-0.2, 0) is 15.9 Å². The Morgan fingerprint density at radius 1 is 1.40 bits per heavy atom. The summed E-state index contributed by atoms with van der Waals surface area (Å²) in [5, 5.41) is 7.39. The Bertz CT molecular complexity index is 628. The van der Waals surface area contributed by atoms with Crippen LogP contribution in [0.25, 0.3) is 0 Å². The minimum absolute atomic E-state index is 0.0233. The predicted octanol–water partition coefficient (Wildman–Crippen LogP) is 1.61. The molecular weight excluding hydrogens is 320 g/mol. The Hall–Kier alpha value is -1.44. The molecule has 1 aromatic heterocycles. The van der Waals surface area contributed by atoms with Crippen molar-refractivity contribution in [3.05, 3.63) is 17.0 Å². The molecule has 1 N–H and O–H groups in total. The molecule has 0 radical (unpaired) electrons. The van der Waals surface area contributed by atoms with E-state index in [1.807, 2.05) is 18.7 Å². The Morgan fingerprint density at radius 3 is 2.84 bits per heavy atom. The summed E-state index contributed by atoms with van der Waals surface area (Å²) in [7, 11) is 1.72. The summed E-state index contributed by atoms with van der Waals surface area (Å²) < 4.78 is 11.0. The Morgan fingerprint density at radius 2 is 2.16 bits per heavy atom. The number of carbonyl (C=O) groups is 1. The monoisotopic (exact) mass is 350 g/mol. The van der Waals surface area contributed by atoms with Crippen LogP contribution in [0.1, 0.15) is 55.5 Å². The molecule has 3 heterocycles. The molecule has 0 spiro atoms. The van der Waals surface area contributed by atoms with Gasteiger partial charge in [-0.3, -0.25) is 14.8 Å². The van der Waals surface area contributed by atoms with E-state index in [0.717, 1.165) is 37.3 Å². The lowest BCUT2D eigenvalue weighted by atomic mass is 9.95. The zero-order chi connectivity index (χ0) is 18.2. The number of hydrogen-bond donors (Lipinski definition) is 1. The molecule has 1 aromatic rings. The topological polar surface area (TPSA) is 70.7 Å². The van der Waals surface area contributed by atoms with Crippen LogP contribution >= 0.6 is 0 Å². The lowest BCUT2D eigenvalue weighted by molar-refractivity contribution is -0.00733. The second-order valence-electron chi connectivity index (χ2n) is 7.80. The van der Waals surface area contributed by atoms with Crippen LogP contribution in [0.5, 0.6) is 0 Å². The normalized spacial score (nSPS) is 26.5. The number of nitrogens with one attached hydrogen (secondary N) is 1. The van der Waals surface area contributed by atoms with Crippen LogP contribution in [0.2, 0.25) is 0 Å².